The predicted octanol–water partition coefficient (Wildman–Crippen LogP) is 3.56. The molecule has 1 aliphatic carbocycles. The maximum absolute atomic E-state index is 16.7. The highest BCUT2D eigenvalue weighted by atomic mass is 19.1. The first-order valence-corrected chi connectivity index (χ1v) is 16.6. The molecule has 0 spiro atoms. The number of anilines is 2. The molecular weight excluding hydrogens is 638 g/mol. The monoisotopic (exact) mass is 678 g/mol. The van der Waals surface area contributed by atoms with Crippen molar-refractivity contribution in [3.63, 3.8) is 0 Å². The summed E-state index contributed by atoms with van der Waals surface area (Å²) >= 11 is 0. The molecule has 6 rings (SSSR count). The molecule has 0 radical (unpaired) electrons. The largest absolute Gasteiger partial charge is 0.477 e. The van der Waals surface area contributed by atoms with Crippen LogP contribution in [0.4, 0.5) is 20.3 Å². The third kappa shape index (κ3) is 6.94. The number of pyridine rings is 1. The Morgan fingerprint density at radius 2 is 1.92 bits per heavy atom. The Hall–Kier alpha value is -4.66. The molecule has 1 saturated carbocycles. The molecule has 4 aromatic rings. The van der Waals surface area contributed by atoms with E-state index in [1.54, 1.807) is 0 Å². The lowest BCUT2D eigenvalue weighted by atomic mass is 9.95. The number of nitrogens with one attached hydrogen (secondary N) is 3. The number of aliphatic hydroxyl groups excluding tert-OH is 1. The lowest BCUT2D eigenvalue weighted by Gasteiger charge is -2.39. The van der Waals surface area contributed by atoms with Crippen molar-refractivity contribution in [2.24, 2.45) is 0 Å². The molecule has 12 nitrogen and oxygen atoms in total. The van der Waals surface area contributed by atoms with Crippen molar-refractivity contribution < 1.29 is 23.8 Å². The van der Waals surface area contributed by atoms with E-state index in [9.17, 15) is 29.4 Å². The topological polar surface area (TPSA) is 162 Å². The van der Waals surface area contributed by atoms with Gasteiger partial charge in [-0.25, -0.2) is 18.4 Å². The lowest BCUT2D eigenvalue weighted by molar-refractivity contribution is 0.0694. The van der Waals surface area contributed by atoms with Gasteiger partial charge < -0.3 is 25.4 Å². The standard InChI is InChI=1S/C35H40F2N6O6/c1-3-20-13-21(7-6-19(20)2)39-28-15-29(45)42(35(49)40-28)11-4-5-27(41-12-10-38-22(16-41)18-44)30-26(36)14-24-32(31(30)37)43(23-8-9-23)17-25(33(24)46)34(47)48/h6-7,13-15,17,22-23,27,38-39,44H,3-5,8-12,16,18H2,1-2H3,(H,40,49)(H,47,48). The number of aromatic carboxylic acids is 1. The van der Waals surface area contributed by atoms with Gasteiger partial charge in [-0.05, 0) is 68.4 Å². The number of carbonyl (C=O) groups is 1. The number of benzene rings is 2. The van der Waals surface area contributed by atoms with Crippen molar-refractivity contribution in [2.75, 3.05) is 31.6 Å². The van der Waals surface area contributed by atoms with Crippen LogP contribution in [0, 0.1) is 18.6 Å². The number of aromatic nitrogens is 3. The van der Waals surface area contributed by atoms with Crippen molar-refractivity contribution in [3.05, 3.63) is 101 Å². The number of aryl methyl sites for hydroxylation is 2. The van der Waals surface area contributed by atoms with Crippen LogP contribution in [0.25, 0.3) is 10.9 Å². The van der Waals surface area contributed by atoms with E-state index in [-0.39, 0.29) is 66.9 Å². The Labute approximate surface area is 280 Å². The summed E-state index contributed by atoms with van der Waals surface area (Å²) in [6.45, 7) is 4.93. The van der Waals surface area contributed by atoms with Crippen LogP contribution in [0.3, 0.4) is 0 Å². The number of piperazine rings is 1. The van der Waals surface area contributed by atoms with Crippen LogP contribution in [0.1, 0.15) is 71.7 Å². The first-order chi connectivity index (χ1) is 23.5. The molecular formula is C35H40F2N6O6. The number of halogens is 2. The van der Waals surface area contributed by atoms with E-state index < -0.39 is 45.9 Å². The smallest absolute Gasteiger partial charge is 0.341 e. The van der Waals surface area contributed by atoms with E-state index in [1.165, 1.54) is 10.6 Å². The fraction of sp³-hybridized carbons (Fsp3) is 0.429. The van der Waals surface area contributed by atoms with Crippen molar-refractivity contribution >= 4 is 28.4 Å². The van der Waals surface area contributed by atoms with Gasteiger partial charge in [0, 0.05) is 67.8 Å². The van der Waals surface area contributed by atoms with E-state index in [2.05, 4.69) is 15.6 Å². The number of nitrogens with zero attached hydrogens (tertiary/aromatic N) is 3. The number of aromatic amines is 1. The zero-order chi connectivity index (χ0) is 35.0. The summed E-state index contributed by atoms with van der Waals surface area (Å²) in [6.07, 6.45) is 3.60. The Balaban J connectivity index is 1.32. The minimum absolute atomic E-state index is 0.0312. The maximum Gasteiger partial charge on any atom is 0.341 e. The van der Waals surface area contributed by atoms with Gasteiger partial charge >= 0.3 is 11.7 Å². The highest BCUT2D eigenvalue weighted by molar-refractivity contribution is 5.93. The first kappa shape index (κ1) is 34.2. The molecule has 0 bridgehead atoms. The molecule has 2 unspecified atom stereocenters. The zero-order valence-corrected chi connectivity index (χ0v) is 27.4. The molecule has 2 atom stereocenters. The number of hydrogen-bond donors (Lipinski definition) is 5. The van der Waals surface area contributed by atoms with Gasteiger partial charge in [0.25, 0.3) is 5.56 Å². The Morgan fingerprint density at radius 1 is 1.14 bits per heavy atom. The van der Waals surface area contributed by atoms with Crippen LogP contribution in [-0.2, 0) is 13.0 Å². The van der Waals surface area contributed by atoms with Gasteiger partial charge in [0.2, 0.25) is 5.43 Å². The molecule has 5 N–H and O–H groups in total. The first-order valence-electron chi connectivity index (χ1n) is 16.6. The minimum Gasteiger partial charge on any atom is -0.477 e. The Kier molecular flexibility index (Phi) is 9.82. The van der Waals surface area contributed by atoms with Crippen LogP contribution >= 0.6 is 0 Å². The van der Waals surface area contributed by atoms with Crippen molar-refractivity contribution in [2.45, 2.75) is 70.6 Å². The average molecular weight is 679 g/mol. The third-order valence-electron chi connectivity index (χ3n) is 9.58. The van der Waals surface area contributed by atoms with Gasteiger partial charge in [0.1, 0.15) is 17.2 Å². The van der Waals surface area contributed by atoms with Crippen LogP contribution < -0.4 is 27.3 Å². The Bertz CT molecular complexity index is 2060. The van der Waals surface area contributed by atoms with E-state index in [1.807, 2.05) is 36.9 Å². The number of H-pyrrole nitrogens is 1. The zero-order valence-electron chi connectivity index (χ0n) is 27.4. The summed E-state index contributed by atoms with van der Waals surface area (Å²) in [5.41, 5.74) is -0.149. The number of rotatable bonds is 12. The summed E-state index contributed by atoms with van der Waals surface area (Å²) in [5.74, 6) is -3.19. The lowest BCUT2D eigenvalue weighted by Crippen LogP contribution is -2.53. The SMILES string of the molecule is CCc1cc(Nc2cc(=O)n(CCCC(c3c(F)cc4c(=O)c(C(=O)O)cn(C5CC5)c4c3F)N3CCNC(CO)C3)c(=O)[nH]2)ccc1C. The van der Waals surface area contributed by atoms with Gasteiger partial charge in [0.05, 0.1) is 17.5 Å². The number of fused-ring (bicyclic) bond motifs is 1. The molecule has 49 heavy (non-hydrogen) atoms. The van der Waals surface area contributed by atoms with Gasteiger partial charge in [-0.1, -0.05) is 13.0 Å². The number of carboxylic acids is 1. The normalized spacial score (nSPS) is 17.4. The van der Waals surface area contributed by atoms with Crippen molar-refractivity contribution in [3.8, 4) is 0 Å². The number of hydrogen-bond acceptors (Lipinski definition) is 8. The van der Waals surface area contributed by atoms with Crippen LogP contribution in [0.2, 0.25) is 0 Å². The minimum atomic E-state index is -1.48. The van der Waals surface area contributed by atoms with Crippen molar-refractivity contribution in [1.82, 2.24) is 24.3 Å². The number of carboxylic acid groups (broad SMARTS) is 1. The summed E-state index contributed by atoms with van der Waals surface area (Å²) < 4.78 is 35.2. The highest BCUT2D eigenvalue weighted by Crippen LogP contribution is 2.40. The van der Waals surface area contributed by atoms with Gasteiger partial charge in [-0.2, -0.15) is 0 Å². The fourth-order valence-corrected chi connectivity index (χ4v) is 6.85. The van der Waals surface area contributed by atoms with Crippen LogP contribution in [0.5, 0.6) is 0 Å². The summed E-state index contributed by atoms with van der Waals surface area (Å²) in [7, 11) is 0. The predicted molar refractivity (Wildman–Crippen MR) is 181 cm³/mol. The summed E-state index contributed by atoms with van der Waals surface area (Å²) in [5, 5.41) is 25.4. The molecule has 2 aliphatic rings. The number of aliphatic hydroxyl groups is 1. The van der Waals surface area contributed by atoms with Gasteiger partial charge in [-0.15, -0.1) is 0 Å². The van der Waals surface area contributed by atoms with E-state index in [0.717, 1.165) is 40.1 Å². The van der Waals surface area contributed by atoms with Crippen molar-refractivity contribution in [1.29, 1.82) is 0 Å². The quantitative estimate of drug-likeness (QED) is 0.151. The van der Waals surface area contributed by atoms with Crippen LogP contribution in [-0.4, -0.2) is 67.5 Å². The second kappa shape index (κ2) is 14.1. The molecule has 3 heterocycles. The Morgan fingerprint density at radius 3 is 2.59 bits per heavy atom. The van der Waals surface area contributed by atoms with E-state index in [4.69, 9.17) is 0 Å². The van der Waals surface area contributed by atoms with Gasteiger partial charge in [0.15, 0.2) is 5.82 Å². The molecule has 1 aliphatic heterocycles. The van der Waals surface area contributed by atoms with E-state index in [0.29, 0.717) is 25.9 Å². The molecule has 2 aromatic carbocycles. The average Bonchev–Trinajstić information content (AvgIpc) is 3.92. The molecule has 2 fully saturated rings. The molecule has 260 valence electrons. The van der Waals surface area contributed by atoms with E-state index >= 15 is 8.78 Å². The molecule has 0 amide bonds. The third-order valence-corrected chi connectivity index (χ3v) is 9.58. The maximum atomic E-state index is 16.7. The van der Waals surface area contributed by atoms with Crippen LogP contribution in [0.15, 0.2) is 50.9 Å². The molecule has 2 aromatic heterocycles. The summed E-state index contributed by atoms with van der Waals surface area (Å²) in [4.78, 5) is 55.5. The van der Waals surface area contributed by atoms with Gasteiger partial charge in [-0.3, -0.25) is 24.0 Å². The summed E-state index contributed by atoms with van der Waals surface area (Å²) in [6, 6.07) is 6.52. The second-order valence-corrected chi connectivity index (χ2v) is 12.9. The molecule has 14 heteroatoms. The fourth-order valence-electron chi connectivity index (χ4n) is 6.85. The highest BCUT2D eigenvalue weighted by Gasteiger charge is 2.34. The molecule has 1 saturated heterocycles. The second-order valence-electron chi connectivity index (χ2n) is 12.9.